The summed E-state index contributed by atoms with van der Waals surface area (Å²) in [5.41, 5.74) is 1.99. The molecule has 7 heteroatoms. The Morgan fingerprint density at radius 1 is 1.26 bits per heavy atom. The first-order valence-electron chi connectivity index (χ1n) is 11.5. The number of hydroxylamine groups is 1. The van der Waals surface area contributed by atoms with Gasteiger partial charge in [-0.3, -0.25) is 14.8 Å². The molecule has 0 spiro atoms. The summed E-state index contributed by atoms with van der Waals surface area (Å²) in [6, 6.07) is 0. The second kappa shape index (κ2) is 11.2. The Kier molecular flexibility index (Phi) is 9.28. The van der Waals surface area contributed by atoms with Crippen molar-refractivity contribution >= 4 is 11.9 Å². The Balaban J connectivity index is 2.19. The molecule has 7 nitrogen and oxygen atoms in total. The van der Waals surface area contributed by atoms with E-state index in [-0.39, 0.29) is 36.6 Å². The number of aliphatic hydroxyl groups is 2. The van der Waals surface area contributed by atoms with Gasteiger partial charge in [0.2, 0.25) is 5.91 Å². The second-order valence-corrected chi connectivity index (χ2v) is 9.59. The lowest BCUT2D eigenvalue weighted by Gasteiger charge is -2.48. The maximum atomic E-state index is 12.9. The van der Waals surface area contributed by atoms with Gasteiger partial charge >= 0.3 is 5.97 Å². The minimum absolute atomic E-state index is 0.0159. The lowest BCUT2D eigenvalue weighted by molar-refractivity contribution is -0.175. The van der Waals surface area contributed by atoms with Crippen LogP contribution in [0.1, 0.15) is 72.6 Å². The number of rotatable bonds is 10. The standard InChI is InChI=1S/C24H39NO6/c1-5-17(4)23(29)31-24(9-8-19(26)12-20(27)13-22(28)25-30)14-16(3)10-18-7-6-15(2)11-21(18)24/h6-7,10,15-17,19-21,26-27,30H,5,8-9,11-14H2,1-4H3,(H,25,28)/t15?,16?,17-,19+,20+,21?,24?/m0/s1. The normalized spacial score (nSPS) is 30.5. The van der Waals surface area contributed by atoms with E-state index < -0.39 is 23.7 Å². The zero-order valence-electron chi connectivity index (χ0n) is 19.2. The molecule has 0 saturated heterocycles. The second-order valence-electron chi connectivity index (χ2n) is 9.59. The summed E-state index contributed by atoms with van der Waals surface area (Å²) in [4.78, 5) is 24.1. The largest absolute Gasteiger partial charge is 0.458 e. The van der Waals surface area contributed by atoms with E-state index in [1.165, 1.54) is 11.1 Å². The molecule has 0 aromatic rings. The predicted octanol–water partition coefficient (Wildman–Crippen LogP) is 3.28. The van der Waals surface area contributed by atoms with Gasteiger partial charge < -0.3 is 14.9 Å². The highest BCUT2D eigenvalue weighted by Gasteiger charge is 2.48. The van der Waals surface area contributed by atoms with Gasteiger partial charge in [0, 0.05) is 5.92 Å². The molecule has 176 valence electrons. The Hall–Kier alpha value is -1.70. The van der Waals surface area contributed by atoms with Gasteiger partial charge in [-0.25, -0.2) is 5.48 Å². The van der Waals surface area contributed by atoms with Gasteiger partial charge in [0.05, 0.1) is 24.5 Å². The topological polar surface area (TPSA) is 116 Å². The van der Waals surface area contributed by atoms with Crippen LogP contribution in [0.25, 0.3) is 0 Å². The minimum atomic E-state index is -1.06. The average molecular weight is 438 g/mol. The number of ether oxygens (including phenoxy) is 1. The summed E-state index contributed by atoms with van der Waals surface area (Å²) < 4.78 is 6.27. The van der Waals surface area contributed by atoms with E-state index in [1.807, 2.05) is 13.8 Å². The van der Waals surface area contributed by atoms with Crippen molar-refractivity contribution in [3.8, 4) is 0 Å². The first-order chi connectivity index (χ1) is 14.6. The SMILES string of the molecule is CC[C@H](C)C(=O)OC1(CC[C@@H](O)C[C@@H](O)CC(=O)NO)CC(C)C=C2C=CC(C)CC21. The molecule has 2 aliphatic carbocycles. The lowest BCUT2D eigenvalue weighted by Crippen LogP contribution is -2.49. The summed E-state index contributed by atoms with van der Waals surface area (Å²) >= 11 is 0. The third-order valence-corrected chi connectivity index (χ3v) is 6.72. The molecule has 0 fully saturated rings. The highest BCUT2D eigenvalue weighted by molar-refractivity contribution is 5.75. The molecular formula is C24H39NO6. The molecule has 2 aliphatic rings. The van der Waals surface area contributed by atoms with Crippen molar-refractivity contribution in [1.82, 2.24) is 5.48 Å². The van der Waals surface area contributed by atoms with Crippen molar-refractivity contribution < 1.29 is 29.7 Å². The van der Waals surface area contributed by atoms with Crippen LogP contribution >= 0.6 is 0 Å². The molecule has 0 saturated carbocycles. The van der Waals surface area contributed by atoms with Gasteiger partial charge in [-0.05, 0) is 55.9 Å². The van der Waals surface area contributed by atoms with E-state index in [0.29, 0.717) is 31.6 Å². The Labute approximate surface area is 185 Å². The number of esters is 1. The van der Waals surface area contributed by atoms with E-state index in [1.54, 1.807) is 0 Å². The number of aliphatic hydroxyl groups excluding tert-OH is 2. The van der Waals surface area contributed by atoms with E-state index in [0.717, 1.165) is 6.42 Å². The molecule has 0 bridgehead atoms. The van der Waals surface area contributed by atoms with Crippen molar-refractivity contribution in [2.24, 2.45) is 23.7 Å². The maximum Gasteiger partial charge on any atom is 0.309 e. The predicted molar refractivity (Wildman–Crippen MR) is 117 cm³/mol. The first kappa shape index (κ1) is 25.6. The third-order valence-electron chi connectivity index (χ3n) is 6.72. The highest BCUT2D eigenvalue weighted by atomic mass is 16.6. The van der Waals surface area contributed by atoms with Crippen LogP contribution in [0.4, 0.5) is 0 Å². The first-order valence-corrected chi connectivity index (χ1v) is 11.5. The number of nitrogens with one attached hydrogen (secondary N) is 1. The summed E-state index contributed by atoms with van der Waals surface area (Å²) in [6.07, 6.45) is 7.56. The minimum Gasteiger partial charge on any atom is -0.458 e. The number of fused-ring (bicyclic) bond motifs is 1. The van der Waals surface area contributed by atoms with Crippen molar-refractivity contribution in [2.45, 2.75) is 90.4 Å². The summed E-state index contributed by atoms with van der Waals surface area (Å²) in [5.74, 6) is -0.397. The summed E-state index contributed by atoms with van der Waals surface area (Å²) in [6.45, 7) is 8.12. The van der Waals surface area contributed by atoms with Crippen molar-refractivity contribution in [3.63, 3.8) is 0 Å². The van der Waals surface area contributed by atoms with Gasteiger partial charge in [-0.1, -0.05) is 45.9 Å². The summed E-state index contributed by atoms with van der Waals surface area (Å²) in [5, 5.41) is 29.1. The van der Waals surface area contributed by atoms with Crippen LogP contribution in [0.3, 0.4) is 0 Å². The molecule has 0 heterocycles. The number of amides is 1. The number of carbonyl (C=O) groups is 2. The molecule has 4 unspecified atom stereocenters. The van der Waals surface area contributed by atoms with Gasteiger partial charge in [0.1, 0.15) is 5.60 Å². The number of hydrogen-bond donors (Lipinski definition) is 4. The molecule has 0 aliphatic heterocycles. The number of hydrogen-bond acceptors (Lipinski definition) is 6. The Morgan fingerprint density at radius 3 is 2.61 bits per heavy atom. The van der Waals surface area contributed by atoms with Crippen LogP contribution in [0.2, 0.25) is 0 Å². The van der Waals surface area contributed by atoms with Crippen LogP contribution in [-0.4, -0.2) is 45.1 Å². The van der Waals surface area contributed by atoms with E-state index in [2.05, 4.69) is 32.1 Å². The summed E-state index contributed by atoms with van der Waals surface area (Å²) in [7, 11) is 0. The molecule has 7 atom stereocenters. The van der Waals surface area contributed by atoms with Crippen LogP contribution in [-0.2, 0) is 14.3 Å². The lowest BCUT2D eigenvalue weighted by atomic mass is 9.64. The Morgan fingerprint density at radius 2 is 1.97 bits per heavy atom. The van der Waals surface area contributed by atoms with Crippen molar-refractivity contribution in [2.75, 3.05) is 0 Å². The van der Waals surface area contributed by atoms with E-state index in [9.17, 15) is 19.8 Å². The maximum absolute atomic E-state index is 12.9. The van der Waals surface area contributed by atoms with Crippen LogP contribution in [0.15, 0.2) is 23.8 Å². The monoisotopic (exact) mass is 437 g/mol. The fourth-order valence-corrected chi connectivity index (χ4v) is 4.84. The number of allylic oxidation sites excluding steroid dienone is 3. The molecule has 1 amide bonds. The van der Waals surface area contributed by atoms with Crippen molar-refractivity contribution in [3.05, 3.63) is 23.8 Å². The fraction of sp³-hybridized carbons (Fsp3) is 0.750. The fourth-order valence-electron chi connectivity index (χ4n) is 4.84. The molecule has 0 aromatic heterocycles. The van der Waals surface area contributed by atoms with Crippen LogP contribution in [0, 0.1) is 23.7 Å². The zero-order valence-corrected chi connectivity index (χ0v) is 19.2. The molecule has 0 radical (unpaired) electrons. The van der Waals surface area contributed by atoms with E-state index in [4.69, 9.17) is 9.94 Å². The third kappa shape index (κ3) is 6.89. The quantitative estimate of drug-likeness (QED) is 0.237. The molecule has 0 aromatic carbocycles. The van der Waals surface area contributed by atoms with Gasteiger partial charge in [0.25, 0.3) is 0 Å². The highest BCUT2D eigenvalue weighted by Crippen LogP contribution is 2.48. The van der Waals surface area contributed by atoms with Gasteiger partial charge in [-0.2, -0.15) is 0 Å². The average Bonchev–Trinajstić information content (AvgIpc) is 2.71. The smallest absolute Gasteiger partial charge is 0.309 e. The molecule has 2 rings (SSSR count). The molecular weight excluding hydrogens is 398 g/mol. The number of carbonyl (C=O) groups excluding carboxylic acids is 2. The molecule has 31 heavy (non-hydrogen) atoms. The van der Waals surface area contributed by atoms with Gasteiger partial charge in [0.15, 0.2) is 0 Å². The van der Waals surface area contributed by atoms with Gasteiger partial charge in [-0.15, -0.1) is 0 Å². The molecule has 4 N–H and O–H groups in total. The van der Waals surface area contributed by atoms with Crippen LogP contribution < -0.4 is 5.48 Å². The zero-order chi connectivity index (χ0) is 23.2. The van der Waals surface area contributed by atoms with Crippen LogP contribution in [0.5, 0.6) is 0 Å². The van der Waals surface area contributed by atoms with E-state index >= 15 is 0 Å². The van der Waals surface area contributed by atoms with Crippen molar-refractivity contribution in [1.29, 1.82) is 0 Å². The Bertz CT molecular complexity index is 690.